The van der Waals surface area contributed by atoms with Gasteiger partial charge in [0, 0.05) is 18.6 Å². The van der Waals surface area contributed by atoms with Crippen LogP contribution >= 0.6 is 0 Å². The molecule has 3 rings (SSSR count). The summed E-state index contributed by atoms with van der Waals surface area (Å²) in [7, 11) is 0. The average Bonchev–Trinajstić information content (AvgIpc) is 2.54. The van der Waals surface area contributed by atoms with Gasteiger partial charge in [0.15, 0.2) is 0 Å². The maximum Gasteiger partial charge on any atom is 0.0449 e. The molecule has 1 aliphatic heterocycles. The zero-order chi connectivity index (χ0) is 11.5. The summed E-state index contributed by atoms with van der Waals surface area (Å²) in [6, 6.07) is 12.3. The number of nitrogens with zero attached hydrogens (tertiary/aromatic N) is 1. The van der Waals surface area contributed by atoms with Crippen molar-refractivity contribution in [1.29, 1.82) is 0 Å². The normalized spacial score (nSPS) is 27.4. The quantitative estimate of drug-likeness (QED) is 0.840. The maximum atomic E-state index is 3.69. The number of hydrogen-bond acceptors (Lipinski definition) is 2. The van der Waals surface area contributed by atoms with Crippen LogP contribution in [0.25, 0.3) is 0 Å². The fourth-order valence-electron chi connectivity index (χ4n) is 2.94. The number of benzene rings is 1. The van der Waals surface area contributed by atoms with Crippen LogP contribution < -0.4 is 5.32 Å². The lowest BCUT2D eigenvalue weighted by Gasteiger charge is -2.38. The van der Waals surface area contributed by atoms with E-state index in [9.17, 15) is 0 Å². The average molecular weight is 230 g/mol. The molecule has 1 saturated heterocycles. The van der Waals surface area contributed by atoms with Gasteiger partial charge < -0.3 is 5.32 Å². The lowest BCUT2D eigenvalue weighted by molar-refractivity contribution is 0.125. The van der Waals surface area contributed by atoms with Gasteiger partial charge in [-0.05, 0) is 37.9 Å². The molecule has 2 heteroatoms. The van der Waals surface area contributed by atoms with Gasteiger partial charge in [-0.15, -0.1) is 0 Å². The Bertz CT molecular complexity index is 345. The molecule has 0 bridgehead atoms. The van der Waals surface area contributed by atoms with E-state index in [1.807, 2.05) is 0 Å². The third-order valence-electron chi connectivity index (χ3n) is 4.22. The Hall–Kier alpha value is -0.860. The molecule has 2 fully saturated rings. The first-order chi connectivity index (χ1) is 8.43. The molecule has 1 heterocycles. The van der Waals surface area contributed by atoms with Crippen LogP contribution in [0.2, 0.25) is 0 Å². The van der Waals surface area contributed by atoms with Crippen LogP contribution in [0.1, 0.15) is 37.3 Å². The lowest BCUT2D eigenvalue weighted by Crippen LogP contribution is -2.42. The van der Waals surface area contributed by atoms with E-state index >= 15 is 0 Å². The second-order valence-corrected chi connectivity index (χ2v) is 5.35. The van der Waals surface area contributed by atoms with Crippen LogP contribution in [0.5, 0.6) is 0 Å². The predicted octanol–water partition coefficient (Wildman–Crippen LogP) is 2.58. The highest BCUT2D eigenvalue weighted by Gasteiger charge is 2.28. The molecule has 1 N–H and O–H groups in total. The number of hydrogen-bond donors (Lipinski definition) is 1. The van der Waals surface area contributed by atoms with E-state index in [4.69, 9.17) is 0 Å². The summed E-state index contributed by atoms with van der Waals surface area (Å²) < 4.78 is 0. The van der Waals surface area contributed by atoms with Crippen molar-refractivity contribution in [3.8, 4) is 0 Å². The second kappa shape index (κ2) is 5.19. The summed E-state index contributed by atoms with van der Waals surface area (Å²) in [5.41, 5.74) is 1.44. The van der Waals surface area contributed by atoms with Gasteiger partial charge in [-0.1, -0.05) is 36.8 Å². The monoisotopic (exact) mass is 230 g/mol. The molecule has 2 aliphatic rings. The van der Waals surface area contributed by atoms with E-state index in [2.05, 4.69) is 40.5 Å². The van der Waals surface area contributed by atoms with Gasteiger partial charge in [-0.25, -0.2) is 0 Å². The van der Waals surface area contributed by atoms with Crippen molar-refractivity contribution < 1.29 is 0 Å². The molecule has 1 aromatic carbocycles. The van der Waals surface area contributed by atoms with Crippen LogP contribution in [0.15, 0.2) is 30.3 Å². The molecule has 17 heavy (non-hydrogen) atoms. The molecule has 1 unspecified atom stereocenters. The molecule has 0 amide bonds. The standard InChI is InChI=1S/C15H22N2/c1-2-6-13(7-3-1)15-12-17(11-5-10-16-15)14-8-4-9-14/h1-3,6-7,14-16H,4-5,8-12H2. The topological polar surface area (TPSA) is 15.3 Å². The summed E-state index contributed by atoms with van der Waals surface area (Å²) >= 11 is 0. The molecule has 0 aromatic heterocycles. The van der Waals surface area contributed by atoms with Crippen molar-refractivity contribution in [2.75, 3.05) is 19.6 Å². The van der Waals surface area contributed by atoms with Gasteiger partial charge >= 0.3 is 0 Å². The van der Waals surface area contributed by atoms with Crippen LogP contribution in [-0.4, -0.2) is 30.6 Å². The molecular weight excluding hydrogens is 208 g/mol. The molecule has 0 spiro atoms. The predicted molar refractivity (Wildman–Crippen MR) is 71.0 cm³/mol. The van der Waals surface area contributed by atoms with E-state index < -0.39 is 0 Å². The minimum Gasteiger partial charge on any atom is -0.309 e. The van der Waals surface area contributed by atoms with E-state index in [1.54, 1.807) is 0 Å². The van der Waals surface area contributed by atoms with Gasteiger partial charge in [-0.2, -0.15) is 0 Å². The van der Waals surface area contributed by atoms with Gasteiger partial charge in [0.05, 0.1) is 0 Å². The van der Waals surface area contributed by atoms with Crippen molar-refractivity contribution in [1.82, 2.24) is 10.2 Å². The summed E-state index contributed by atoms with van der Waals surface area (Å²) in [6.07, 6.45) is 5.56. The zero-order valence-electron chi connectivity index (χ0n) is 10.4. The van der Waals surface area contributed by atoms with E-state index in [1.165, 1.54) is 44.3 Å². The molecule has 0 radical (unpaired) electrons. The Morgan fingerprint density at radius 1 is 1.06 bits per heavy atom. The van der Waals surface area contributed by atoms with Crippen molar-refractivity contribution >= 4 is 0 Å². The van der Waals surface area contributed by atoms with E-state index in [0.29, 0.717) is 6.04 Å². The number of rotatable bonds is 2. The van der Waals surface area contributed by atoms with Gasteiger partial charge in [0.25, 0.3) is 0 Å². The van der Waals surface area contributed by atoms with Gasteiger partial charge in [0.1, 0.15) is 0 Å². The molecule has 92 valence electrons. The van der Waals surface area contributed by atoms with Crippen molar-refractivity contribution in [2.24, 2.45) is 0 Å². The summed E-state index contributed by atoms with van der Waals surface area (Å²) in [5, 5.41) is 3.69. The molecule has 2 nitrogen and oxygen atoms in total. The maximum absolute atomic E-state index is 3.69. The summed E-state index contributed by atoms with van der Waals surface area (Å²) in [4.78, 5) is 2.71. The number of nitrogens with one attached hydrogen (secondary N) is 1. The second-order valence-electron chi connectivity index (χ2n) is 5.35. The first kappa shape index (κ1) is 11.2. The minimum absolute atomic E-state index is 0.527. The van der Waals surface area contributed by atoms with Gasteiger partial charge in [-0.3, -0.25) is 4.90 Å². The van der Waals surface area contributed by atoms with Crippen LogP contribution in [-0.2, 0) is 0 Å². The molecule has 1 aromatic rings. The Balaban J connectivity index is 1.71. The fraction of sp³-hybridized carbons (Fsp3) is 0.600. The highest BCUT2D eigenvalue weighted by atomic mass is 15.2. The Morgan fingerprint density at radius 2 is 1.88 bits per heavy atom. The highest BCUT2D eigenvalue weighted by molar-refractivity contribution is 5.19. The first-order valence-electron chi connectivity index (χ1n) is 6.96. The van der Waals surface area contributed by atoms with Crippen molar-refractivity contribution in [2.45, 2.75) is 37.8 Å². The third kappa shape index (κ3) is 2.53. The Kier molecular flexibility index (Phi) is 3.44. The third-order valence-corrected chi connectivity index (χ3v) is 4.22. The minimum atomic E-state index is 0.527. The Labute approximate surface area is 104 Å². The van der Waals surface area contributed by atoms with Gasteiger partial charge in [0.2, 0.25) is 0 Å². The van der Waals surface area contributed by atoms with Crippen LogP contribution in [0, 0.1) is 0 Å². The van der Waals surface area contributed by atoms with Crippen molar-refractivity contribution in [3.05, 3.63) is 35.9 Å². The fourth-order valence-corrected chi connectivity index (χ4v) is 2.94. The van der Waals surface area contributed by atoms with E-state index in [-0.39, 0.29) is 0 Å². The summed E-state index contributed by atoms with van der Waals surface area (Å²) in [6.45, 7) is 3.62. The smallest absolute Gasteiger partial charge is 0.0449 e. The zero-order valence-corrected chi connectivity index (χ0v) is 10.4. The van der Waals surface area contributed by atoms with Crippen LogP contribution in [0.4, 0.5) is 0 Å². The SMILES string of the molecule is c1ccc(C2CN(C3CCC3)CCCN2)cc1. The largest absolute Gasteiger partial charge is 0.309 e. The molecule has 1 saturated carbocycles. The Morgan fingerprint density at radius 3 is 2.59 bits per heavy atom. The van der Waals surface area contributed by atoms with Crippen LogP contribution in [0.3, 0.4) is 0 Å². The first-order valence-corrected chi connectivity index (χ1v) is 6.96. The van der Waals surface area contributed by atoms with Crippen molar-refractivity contribution in [3.63, 3.8) is 0 Å². The van der Waals surface area contributed by atoms with E-state index in [0.717, 1.165) is 12.6 Å². The molecular formula is C15H22N2. The summed E-state index contributed by atoms with van der Waals surface area (Å²) in [5.74, 6) is 0. The molecule has 1 atom stereocenters. The lowest BCUT2D eigenvalue weighted by atomic mass is 9.91. The highest BCUT2D eigenvalue weighted by Crippen LogP contribution is 2.28. The molecule has 1 aliphatic carbocycles.